The molecular formula is C16H17BrN2O4. The average molecular weight is 381 g/mol. The molecular weight excluding hydrogens is 364 g/mol. The lowest BCUT2D eigenvalue weighted by Crippen LogP contribution is -2.26. The van der Waals surface area contributed by atoms with Crippen molar-refractivity contribution in [3.05, 3.63) is 45.8 Å². The molecule has 1 aliphatic heterocycles. The molecule has 0 saturated carbocycles. The van der Waals surface area contributed by atoms with Crippen molar-refractivity contribution < 1.29 is 18.7 Å². The molecule has 0 saturated heterocycles. The van der Waals surface area contributed by atoms with Crippen molar-refractivity contribution in [1.82, 2.24) is 5.32 Å². The molecule has 122 valence electrons. The molecule has 23 heavy (non-hydrogen) atoms. The standard InChI is InChI=1S/C16H17BrN2O4/c1-9(19-16(20)10-4-11(7-18)23-8-10)12-5-14-15(6-13(12)17)22-3-2-21-14/h4-6,8-9H,2-3,7,18H2,1H3,(H,19,20). The van der Waals surface area contributed by atoms with E-state index in [0.717, 1.165) is 10.0 Å². The minimum Gasteiger partial charge on any atom is -0.486 e. The third-order valence-corrected chi connectivity index (χ3v) is 4.28. The monoisotopic (exact) mass is 380 g/mol. The highest BCUT2D eigenvalue weighted by molar-refractivity contribution is 9.10. The number of furan rings is 1. The summed E-state index contributed by atoms with van der Waals surface area (Å²) in [7, 11) is 0. The minimum absolute atomic E-state index is 0.219. The number of fused-ring (bicyclic) bond motifs is 1. The molecule has 6 nitrogen and oxygen atoms in total. The van der Waals surface area contributed by atoms with Crippen LogP contribution in [0.5, 0.6) is 11.5 Å². The van der Waals surface area contributed by atoms with E-state index in [-0.39, 0.29) is 18.5 Å². The summed E-state index contributed by atoms with van der Waals surface area (Å²) in [4.78, 5) is 12.3. The highest BCUT2D eigenvalue weighted by Gasteiger charge is 2.20. The van der Waals surface area contributed by atoms with Crippen molar-refractivity contribution in [1.29, 1.82) is 0 Å². The first-order chi connectivity index (χ1) is 11.1. The van der Waals surface area contributed by atoms with E-state index in [1.165, 1.54) is 6.26 Å². The van der Waals surface area contributed by atoms with Gasteiger partial charge in [0.25, 0.3) is 5.91 Å². The van der Waals surface area contributed by atoms with E-state index in [2.05, 4.69) is 21.2 Å². The number of ether oxygens (including phenoxy) is 2. The van der Waals surface area contributed by atoms with E-state index >= 15 is 0 Å². The Labute approximate surface area is 142 Å². The van der Waals surface area contributed by atoms with Crippen molar-refractivity contribution in [2.24, 2.45) is 5.73 Å². The van der Waals surface area contributed by atoms with Crippen LogP contribution in [-0.4, -0.2) is 19.1 Å². The van der Waals surface area contributed by atoms with E-state index in [9.17, 15) is 4.79 Å². The van der Waals surface area contributed by atoms with E-state index in [4.69, 9.17) is 19.6 Å². The Morgan fingerprint density at radius 3 is 2.65 bits per heavy atom. The molecule has 0 fully saturated rings. The highest BCUT2D eigenvalue weighted by Crippen LogP contribution is 2.37. The summed E-state index contributed by atoms with van der Waals surface area (Å²) >= 11 is 3.52. The van der Waals surface area contributed by atoms with Crippen LogP contribution in [0.2, 0.25) is 0 Å². The number of benzene rings is 1. The maximum Gasteiger partial charge on any atom is 0.255 e. The highest BCUT2D eigenvalue weighted by atomic mass is 79.9. The number of nitrogens with one attached hydrogen (secondary N) is 1. The third kappa shape index (κ3) is 3.35. The van der Waals surface area contributed by atoms with E-state index in [1.807, 2.05) is 19.1 Å². The fourth-order valence-electron chi connectivity index (χ4n) is 2.38. The predicted octanol–water partition coefficient (Wildman–Crippen LogP) is 2.76. The van der Waals surface area contributed by atoms with Gasteiger partial charge in [0.05, 0.1) is 18.2 Å². The maximum atomic E-state index is 12.3. The molecule has 1 unspecified atom stereocenters. The molecule has 0 aliphatic carbocycles. The van der Waals surface area contributed by atoms with E-state index in [0.29, 0.717) is 36.0 Å². The lowest BCUT2D eigenvalue weighted by molar-refractivity contribution is 0.0939. The van der Waals surface area contributed by atoms with Crippen LogP contribution in [-0.2, 0) is 6.54 Å². The molecule has 0 spiro atoms. The zero-order valence-electron chi connectivity index (χ0n) is 12.6. The molecule has 1 aliphatic rings. The fourth-order valence-corrected chi connectivity index (χ4v) is 3.04. The van der Waals surface area contributed by atoms with Gasteiger partial charge >= 0.3 is 0 Å². The molecule has 1 aromatic heterocycles. The quantitative estimate of drug-likeness (QED) is 0.851. The molecule has 0 bridgehead atoms. The van der Waals surface area contributed by atoms with Gasteiger partial charge in [-0.3, -0.25) is 4.79 Å². The van der Waals surface area contributed by atoms with Gasteiger partial charge in [-0.25, -0.2) is 0 Å². The zero-order chi connectivity index (χ0) is 16.4. The Kier molecular flexibility index (Phi) is 4.58. The second-order valence-corrected chi connectivity index (χ2v) is 6.07. The fraction of sp³-hybridized carbons (Fsp3) is 0.312. The van der Waals surface area contributed by atoms with Crippen LogP contribution >= 0.6 is 15.9 Å². The number of amides is 1. The summed E-state index contributed by atoms with van der Waals surface area (Å²) in [6.07, 6.45) is 1.41. The summed E-state index contributed by atoms with van der Waals surface area (Å²) in [6.45, 7) is 3.22. The normalized spacial score (nSPS) is 14.4. The van der Waals surface area contributed by atoms with Crippen molar-refractivity contribution in [3.8, 4) is 11.5 Å². The molecule has 3 rings (SSSR count). The van der Waals surface area contributed by atoms with Crippen molar-refractivity contribution in [3.63, 3.8) is 0 Å². The molecule has 2 heterocycles. The van der Waals surface area contributed by atoms with Crippen molar-refractivity contribution in [2.45, 2.75) is 19.5 Å². The Morgan fingerprint density at radius 2 is 2.00 bits per heavy atom. The molecule has 1 aromatic carbocycles. The summed E-state index contributed by atoms with van der Waals surface area (Å²) in [6, 6.07) is 5.16. The van der Waals surface area contributed by atoms with Crippen LogP contribution in [0.15, 0.2) is 33.4 Å². The maximum absolute atomic E-state index is 12.3. The van der Waals surface area contributed by atoms with Crippen LogP contribution in [0, 0.1) is 0 Å². The number of rotatable bonds is 4. The van der Waals surface area contributed by atoms with Crippen LogP contribution < -0.4 is 20.5 Å². The third-order valence-electron chi connectivity index (χ3n) is 3.59. The van der Waals surface area contributed by atoms with Crippen LogP contribution in [0.1, 0.15) is 34.6 Å². The molecule has 3 N–H and O–H groups in total. The predicted molar refractivity (Wildman–Crippen MR) is 87.6 cm³/mol. The van der Waals surface area contributed by atoms with Crippen LogP contribution in [0.25, 0.3) is 0 Å². The number of halogens is 1. The van der Waals surface area contributed by atoms with Gasteiger partial charge in [0.2, 0.25) is 0 Å². The Morgan fingerprint density at radius 1 is 1.30 bits per heavy atom. The average Bonchev–Trinajstić information content (AvgIpc) is 3.03. The smallest absolute Gasteiger partial charge is 0.255 e. The number of nitrogens with two attached hydrogens (primary N) is 1. The van der Waals surface area contributed by atoms with Gasteiger partial charge in [-0.15, -0.1) is 0 Å². The summed E-state index contributed by atoms with van der Waals surface area (Å²) < 4.78 is 17.2. The Balaban J connectivity index is 1.77. The Bertz CT molecular complexity index is 729. The lowest BCUT2D eigenvalue weighted by Gasteiger charge is -2.22. The zero-order valence-corrected chi connectivity index (χ0v) is 14.2. The van der Waals surface area contributed by atoms with Gasteiger partial charge in [0, 0.05) is 4.47 Å². The van der Waals surface area contributed by atoms with Crippen LogP contribution in [0.3, 0.4) is 0 Å². The number of hydrogen-bond acceptors (Lipinski definition) is 5. The van der Waals surface area contributed by atoms with E-state index in [1.54, 1.807) is 6.07 Å². The molecule has 2 aromatic rings. The van der Waals surface area contributed by atoms with E-state index < -0.39 is 0 Å². The van der Waals surface area contributed by atoms with Gasteiger partial charge in [0.1, 0.15) is 25.2 Å². The second-order valence-electron chi connectivity index (χ2n) is 5.22. The van der Waals surface area contributed by atoms with Gasteiger partial charge in [-0.2, -0.15) is 0 Å². The van der Waals surface area contributed by atoms with Gasteiger partial charge in [0.15, 0.2) is 11.5 Å². The first kappa shape index (κ1) is 15.9. The molecule has 1 amide bonds. The SMILES string of the molecule is CC(NC(=O)c1coc(CN)c1)c1cc2c(cc1Br)OCCO2. The second kappa shape index (κ2) is 6.64. The number of hydrogen-bond donors (Lipinski definition) is 2. The summed E-state index contributed by atoms with van der Waals surface area (Å²) in [5, 5.41) is 2.93. The largest absolute Gasteiger partial charge is 0.486 e. The van der Waals surface area contributed by atoms with Crippen molar-refractivity contribution in [2.75, 3.05) is 13.2 Å². The van der Waals surface area contributed by atoms with Crippen LogP contribution in [0.4, 0.5) is 0 Å². The number of carbonyl (C=O) groups is 1. The molecule has 1 atom stereocenters. The first-order valence-electron chi connectivity index (χ1n) is 7.26. The van der Waals surface area contributed by atoms with Gasteiger partial charge < -0.3 is 24.9 Å². The van der Waals surface area contributed by atoms with Gasteiger partial charge in [-0.05, 0) is 30.7 Å². The lowest BCUT2D eigenvalue weighted by atomic mass is 10.1. The topological polar surface area (TPSA) is 86.7 Å². The number of carbonyl (C=O) groups excluding carboxylic acids is 1. The molecule has 0 radical (unpaired) electrons. The van der Waals surface area contributed by atoms with Gasteiger partial charge in [-0.1, -0.05) is 15.9 Å². The Hall–Kier alpha value is -1.99. The summed E-state index contributed by atoms with van der Waals surface area (Å²) in [5.74, 6) is 1.74. The summed E-state index contributed by atoms with van der Waals surface area (Å²) in [5.41, 5.74) is 6.84. The minimum atomic E-state index is -0.220. The first-order valence-corrected chi connectivity index (χ1v) is 8.05. The van der Waals surface area contributed by atoms with Crippen molar-refractivity contribution >= 4 is 21.8 Å². The molecule has 7 heteroatoms.